The molecule has 106 valence electrons. The number of amides is 1. The van der Waals surface area contributed by atoms with Crippen molar-refractivity contribution in [3.8, 4) is 0 Å². The molecular formula is C17H16N2O2. The molecule has 0 spiro atoms. The molecule has 0 aliphatic carbocycles. The van der Waals surface area contributed by atoms with Gasteiger partial charge in [-0.2, -0.15) is 0 Å². The number of hydrogen-bond acceptors (Lipinski definition) is 3. The average Bonchev–Trinajstić information content (AvgIpc) is 2.96. The fourth-order valence-electron chi connectivity index (χ4n) is 2.39. The number of carbonyl (C=O) groups is 1. The summed E-state index contributed by atoms with van der Waals surface area (Å²) in [6.45, 7) is 2.62. The van der Waals surface area contributed by atoms with Crippen LogP contribution in [-0.4, -0.2) is 17.4 Å². The van der Waals surface area contributed by atoms with Crippen LogP contribution in [0.4, 0.5) is 5.69 Å². The van der Waals surface area contributed by atoms with Crippen LogP contribution in [0.5, 0.6) is 0 Å². The quantitative estimate of drug-likeness (QED) is 0.735. The molecule has 0 saturated heterocycles. The van der Waals surface area contributed by atoms with Gasteiger partial charge in [-0.25, -0.2) is 4.98 Å². The highest BCUT2D eigenvalue weighted by Gasteiger charge is 2.14. The fraction of sp³-hybridized carbons (Fsp3) is 0.176. The van der Waals surface area contributed by atoms with Gasteiger partial charge >= 0.3 is 0 Å². The highest BCUT2D eigenvalue weighted by molar-refractivity contribution is 5.95. The first kappa shape index (κ1) is 13.4. The molecule has 0 atom stereocenters. The standard InChI is InChI=1S/C17H16N2O2/c1-2-19(14-6-4-3-5-7-14)17(20)11-13-8-9-15-16(10-13)21-12-18-15/h3-10,12H,2,11H2,1H3. The topological polar surface area (TPSA) is 46.3 Å². The minimum absolute atomic E-state index is 0.0718. The number of rotatable bonds is 4. The summed E-state index contributed by atoms with van der Waals surface area (Å²) >= 11 is 0. The van der Waals surface area contributed by atoms with Crippen LogP contribution in [0.2, 0.25) is 0 Å². The Balaban J connectivity index is 1.81. The van der Waals surface area contributed by atoms with Crippen LogP contribution in [0.1, 0.15) is 12.5 Å². The molecule has 1 aromatic heterocycles. The SMILES string of the molecule is CCN(C(=O)Cc1ccc2ncoc2c1)c1ccccc1. The molecule has 3 rings (SSSR count). The first-order chi connectivity index (χ1) is 10.3. The first-order valence-electron chi connectivity index (χ1n) is 6.95. The monoisotopic (exact) mass is 280 g/mol. The number of fused-ring (bicyclic) bond motifs is 1. The van der Waals surface area contributed by atoms with E-state index in [1.165, 1.54) is 6.39 Å². The highest BCUT2D eigenvalue weighted by atomic mass is 16.3. The Kier molecular flexibility index (Phi) is 3.69. The summed E-state index contributed by atoms with van der Waals surface area (Å²) in [4.78, 5) is 18.4. The zero-order valence-corrected chi connectivity index (χ0v) is 11.8. The molecule has 0 unspecified atom stereocenters. The second-order valence-corrected chi connectivity index (χ2v) is 4.80. The molecule has 0 bridgehead atoms. The minimum Gasteiger partial charge on any atom is -0.443 e. The number of carbonyl (C=O) groups excluding carboxylic acids is 1. The van der Waals surface area contributed by atoms with E-state index in [-0.39, 0.29) is 5.91 Å². The molecule has 1 amide bonds. The van der Waals surface area contributed by atoms with Crippen molar-refractivity contribution in [1.29, 1.82) is 0 Å². The van der Waals surface area contributed by atoms with Crippen LogP contribution in [0.25, 0.3) is 11.1 Å². The molecule has 4 nitrogen and oxygen atoms in total. The van der Waals surface area contributed by atoms with Gasteiger partial charge in [0, 0.05) is 12.2 Å². The van der Waals surface area contributed by atoms with Gasteiger partial charge in [-0.1, -0.05) is 24.3 Å². The summed E-state index contributed by atoms with van der Waals surface area (Å²) in [7, 11) is 0. The minimum atomic E-state index is 0.0718. The summed E-state index contributed by atoms with van der Waals surface area (Å²) in [5, 5.41) is 0. The lowest BCUT2D eigenvalue weighted by molar-refractivity contribution is -0.117. The van der Waals surface area contributed by atoms with Crippen LogP contribution < -0.4 is 4.90 Å². The molecule has 0 aliphatic heterocycles. The summed E-state index contributed by atoms with van der Waals surface area (Å²) < 4.78 is 5.28. The van der Waals surface area contributed by atoms with E-state index in [4.69, 9.17) is 4.42 Å². The van der Waals surface area contributed by atoms with Crippen LogP contribution in [-0.2, 0) is 11.2 Å². The number of benzene rings is 2. The van der Waals surface area contributed by atoms with Gasteiger partial charge in [-0.15, -0.1) is 0 Å². The summed E-state index contributed by atoms with van der Waals surface area (Å²) in [6.07, 6.45) is 1.76. The zero-order chi connectivity index (χ0) is 14.7. The van der Waals surface area contributed by atoms with Crippen molar-refractivity contribution in [2.45, 2.75) is 13.3 Å². The van der Waals surface area contributed by atoms with Crippen molar-refractivity contribution in [3.63, 3.8) is 0 Å². The molecule has 0 saturated carbocycles. The van der Waals surface area contributed by atoms with Crippen molar-refractivity contribution >= 4 is 22.7 Å². The lowest BCUT2D eigenvalue weighted by Gasteiger charge is -2.21. The molecule has 3 aromatic rings. The average molecular weight is 280 g/mol. The number of oxazole rings is 1. The van der Waals surface area contributed by atoms with Gasteiger partial charge < -0.3 is 9.32 Å². The number of likely N-dealkylation sites (N-methyl/N-ethyl adjacent to an activating group) is 1. The van der Waals surface area contributed by atoms with Crippen molar-refractivity contribution in [3.05, 3.63) is 60.5 Å². The van der Waals surface area contributed by atoms with E-state index in [1.807, 2.05) is 55.5 Å². The van der Waals surface area contributed by atoms with E-state index in [0.717, 1.165) is 16.8 Å². The number of nitrogens with zero attached hydrogens (tertiary/aromatic N) is 2. The number of hydrogen-bond donors (Lipinski definition) is 0. The number of aromatic nitrogens is 1. The fourth-order valence-corrected chi connectivity index (χ4v) is 2.39. The molecule has 0 aliphatic rings. The summed E-state index contributed by atoms with van der Waals surface area (Å²) in [5.41, 5.74) is 3.37. The third kappa shape index (κ3) is 2.79. The third-order valence-corrected chi connectivity index (χ3v) is 3.44. The second-order valence-electron chi connectivity index (χ2n) is 4.80. The van der Waals surface area contributed by atoms with Crippen molar-refractivity contribution < 1.29 is 9.21 Å². The predicted octanol–water partition coefficient (Wildman–Crippen LogP) is 3.42. The van der Waals surface area contributed by atoms with Gasteiger partial charge in [0.2, 0.25) is 5.91 Å². The number of anilines is 1. The molecule has 1 heterocycles. The van der Waals surface area contributed by atoms with Crippen LogP contribution in [0.15, 0.2) is 59.3 Å². The van der Waals surface area contributed by atoms with Gasteiger partial charge in [0.25, 0.3) is 0 Å². The molecule has 0 N–H and O–H groups in total. The Morgan fingerprint density at radius 3 is 2.76 bits per heavy atom. The zero-order valence-electron chi connectivity index (χ0n) is 11.8. The van der Waals surface area contributed by atoms with Crippen molar-refractivity contribution in [1.82, 2.24) is 4.98 Å². The van der Waals surface area contributed by atoms with Crippen LogP contribution in [0.3, 0.4) is 0 Å². The lowest BCUT2D eigenvalue weighted by atomic mass is 10.1. The van der Waals surface area contributed by atoms with Crippen molar-refractivity contribution in [2.75, 3.05) is 11.4 Å². The summed E-state index contributed by atoms with van der Waals surface area (Å²) in [6, 6.07) is 15.4. The maximum atomic E-state index is 12.5. The normalized spacial score (nSPS) is 10.7. The van der Waals surface area contributed by atoms with Crippen LogP contribution >= 0.6 is 0 Å². The largest absolute Gasteiger partial charge is 0.443 e. The molecule has 21 heavy (non-hydrogen) atoms. The van der Waals surface area contributed by atoms with Gasteiger partial charge in [0.1, 0.15) is 5.52 Å². The summed E-state index contributed by atoms with van der Waals surface area (Å²) in [5.74, 6) is 0.0718. The van der Waals surface area contributed by atoms with E-state index >= 15 is 0 Å². The maximum absolute atomic E-state index is 12.5. The number of para-hydroxylation sites is 1. The Bertz CT molecular complexity index is 750. The third-order valence-electron chi connectivity index (χ3n) is 3.44. The van der Waals surface area contributed by atoms with Crippen molar-refractivity contribution in [2.24, 2.45) is 0 Å². The van der Waals surface area contributed by atoms with Gasteiger partial charge in [-0.05, 0) is 36.8 Å². The molecule has 2 aromatic carbocycles. The van der Waals surface area contributed by atoms with Gasteiger partial charge in [0.15, 0.2) is 12.0 Å². The Morgan fingerprint density at radius 2 is 2.00 bits per heavy atom. The highest BCUT2D eigenvalue weighted by Crippen LogP contribution is 2.18. The second kappa shape index (κ2) is 5.79. The molecule has 0 fully saturated rings. The van der Waals surface area contributed by atoms with Crippen LogP contribution in [0, 0.1) is 0 Å². The van der Waals surface area contributed by atoms with Gasteiger partial charge in [-0.3, -0.25) is 4.79 Å². The maximum Gasteiger partial charge on any atom is 0.231 e. The molecule has 4 heteroatoms. The van der Waals surface area contributed by atoms with Gasteiger partial charge in [0.05, 0.1) is 6.42 Å². The van der Waals surface area contributed by atoms with E-state index in [0.29, 0.717) is 18.5 Å². The Hall–Kier alpha value is -2.62. The molecule has 0 radical (unpaired) electrons. The van der Waals surface area contributed by atoms with E-state index in [9.17, 15) is 4.79 Å². The Labute approximate surface area is 123 Å². The smallest absolute Gasteiger partial charge is 0.231 e. The van der Waals surface area contributed by atoms with E-state index < -0.39 is 0 Å². The molecular weight excluding hydrogens is 264 g/mol. The lowest BCUT2D eigenvalue weighted by Crippen LogP contribution is -2.31. The van der Waals surface area contributed by atoms with E-state index in [2.05, 4.69) is 4.98 Å². The first-order valence-corrected chi connectivity index (χ1v) is 6.95. The predicted molar refractivity (Wildman–Crippen MR) is 82.2 cm³/mol. The van der Waals surface area contributed by atoms with E-state index in [1.54, 1.807) is 4.90 Å². The Morgan fingerprint density at radius 1 is 1.19 bits per heavy atom.